The highest BCUT2D eigenvalue weighted by Gasteiger charge is 2.34. The van der Waals surface area contributed by atoms with Crippen LogP contribution >= 0.6 is 0 Å². The summed E-state index contributed by atoms with van der Waals surface area (Å²) in [4.78, 5) is 14.9. The molecule has 0 aliphatic carbocycles. The molecular weight excluding hydrogens is 335 g/mol. The number of halogens is 5. The van der Waals surface area contributed by atoms with Crippen LogP contribution in [0.2, 0.25) is 0 Å². The van der Waals surface area contributed by atoms with Crippen molar-refractivity contribution < 1.29 is 31.5 Å². The lowest BCUT2D eigenvalue weighted by atomic mass is 10.1. The zero-order valence-corrected chi connectivity index (χ0v) is 12.5. The van der Waals surface area contributed by atoms with Crippen LogP contribution in [0.1, 0.15) is 21.6 Å². The lowest BCUT2D eigenvalue weighted by Crippen LogP contribution is -2.13. The van der Waals surface area contributed by atoms with Crippen LogP contribution in [0.15, 0.2) is 24.4 Å². The average molecular weight is 346 g/mol. The van der Waals surface area contributed by atoms with Gasteiger partial charge in [0.15, 0.2) is 11.6 Å². The summed E-state index contributed by atoms with van der Waals surface area (Å²) in [5.74, 6) is -3.22. The minimum absolute atomic E-state index is 0.0700. The van der Waals surface area contributed by atoms with Crippen LogP contribution in [0.3, 0.4) is 0 Å². The second-order valence-electron chi connectivity index (χ2n) is 4.76. The van der Waals surface area contributed by atoms with E-state index in [1.807, 2.05) is 0 Å². The van der Waals surface area contributed by atoms with Gasteiger partial charge in [-0.15, -0.1) is 0 Å². The number of alkyl halides is 3. The largest absolute Gasteiger partial charge is 0.465 e. The van der Waals surface area contributed by atoms with Gasteiger partial charge in [0.05, 0.1) is 24.6 Å². The maximum Gasteiger partial charge on any atom is 0.433 e. The van der Waals surface area contributed by atoms with E-state index in [1.54, 1.807) is 0 Å². The summed E-state index contributed by atoms with van der Waals surface area (Å²) < 4.78 is 69.3. The van der Waals surface area contributed by atoms with Crippen molar-refractivity contribution in [1.82, 2.24) is 4.98 Å². The number of hydrogen-bond donors (Lipinski definition) is 1. The van der Waals surface area contributed by atoms with Crippen LogP contribution in [0.4, 0.5) is 33.3 Å². The van der Waals surface area contributed by atoms with Gasteiger partial charge in [-0.1, -0.05) is 0 Å². The van der Waals surface area contributed by atoms with Gasteiger partial charge in [-0.3, -0.25) is 0 Å². The number of esters is 1. The molecule has 1 aromatic carbocycles. The molecule has 0 atom stereocenters. The number of ether oxygens (including phenoxy) is 1. The molecule has 0 saturated carbocycles. The highest BCUT2D eigenvalue weighted by Crippen LogP contribution is 2.32. The predicted molar refractivity (Wildman–Crippen MR) is 75.0 cm³/mol. The number of methoxy groups -OCH3 is 1. The van der Waals surface area contributed by atoms with Crippen LogP contribution in [-0.4, -0.2) is 18.1 Å². The van der Waals surface area contributed by atoms with E-state index in [9.17, 15) is 26.7 Å². The summed E-state index contributed by atoms with van der Waals surface area (Å²) >= 11 is 0. The maximum absolute atomic E-state index is 13.6. The van der Waals surface area contributed by atoms with Crippen molar-refractivity contribution in [2.24, 2.45) is 0 Å². The SMILES string of the molecule is COC(=O)c1cc(C(F)(F)F)ncc1Nc1ccc(F)c(F)c1C. The summed E-state index contributed by atoms with van der Waals surface area (Å²) in [7, 11) is 1.00. The molecule has 0 radical (unpaired) electrons. The van der Waals surface area contributed by atoms with Gasteiger partial charge in [0.2, 0.25) is 0 Å². The van der Waals surface area contributed by atoms with Gasteiger partial charge in [0.1, 0.15) is 5.69 Å². The molecule has 24 heavy (non-hydrogen) atoms. The quantitative estimate of drug-likeness (QED) is 0.668. The molecule has 0 bridgehead atoms. The smallest absolute Gasteiger partial charge is 0.433 e. The summed E-state index contributed by atoms with van der Waals surface area (Å²) in [6.07, 6.45) is -3.98. The van der Waals surface area contributed by atoms with E-state index in [4.69, 9.17) is 0 Å². The zero-order valence-electron chi connectivity index (χ0n) is 12.5. The minimum atomic E-state index is -4.75. The standard InChI is InChI=1S/C15H11F5N2O2/c1-7-10(4-3-9(16)13(7)17)22-11-6-21-12(15(18,19)20)5-8(11)14(23)24-2/h3-6,22H,1-2H3. The Balaban J connectivity index is 2.50. The van der Waals surface area contributed by atoms with Crippen molar-refractivity contribution in [2.45, 2.75) is 13.1 Å². The Morgan fingerprint density at radius 3 is 2.46 bits per heavy atom. The third-order valence-electron chi connectivity index (χ3n) is 3.21. The first-order valence-corrected chi connectivity index (χ1v) is 6.52. The number of hydrogen-bond acceptors (Lipinski definition) is 4. The Bertz CT molecular complexity index is 790. The lowest BCUT2D eigenvalue weighted by molar-refractivity contribution is -0.141. The van der Waals surface area contributed by atoms with Crippen LogP contribution in [0.25, 0.3) is 0 Å². The molecule has 0 aliphatic heterocycles. The molecule has 0 fully saturated rings. The number of carbonyl (C=O) groups excluding carboxylic acids is 1. The molecule has 1 heterocycles. The molecule has 2 rings (SSSR count). The van der Waals surface area contributed by atoms with Crippen LogP contribution in [-0.2, 0) is 10.9 Å². The monoisotopic (exact) mass is 346 g/mol. The molecule has 128 valence electrons. The molecule has 1 aromatic heterocycles. The topological polar surface area (TPSA) is 51.2 Å². The number of rotatable bonds is 3. The van der Waals surface area contributed by atoms with E-state index in [2.05, 4.69) is 15.0 Å². The van der Waals surface area contributed by atoms with Crippen molar-refractivity contribution in [3.63, 3.8) is 0 Å². The second kappa shape index (κ2) is 6.42. The molecule has 0 amide bonds. The molecule has 1 N–H and O–H groups in total. The minimum Gasteiger partial charge on any atom is -0.465 e. The van der Waals surface area contributed by atoms with Crippen molar-refractivity contribution >= 4 is 17.3 Å². The van der Waals surface area contributed by atoms with Gasteiger partial charge in [0.25, 0.3) is 0 Å². The summed E-state index contributed by atoms with van der Waals surface area (Å²) in [5, 5.41) is 2.57. The van der Waals surface area contributed by atoms with E-state index in [0.29, 0.717) is 6.07 Å². The van der Waals surface area contributed by atoms with Gasteiger partial charge in [-0.2, -0.15) is 13.2 Å². The zero-order chi connectivity index (χ0) is 18.1. The van der Waals surface area contributed by atoms with Crippen molar-refractivity contribution in [3.05, 3.63) is 52.9 Å². The Hall–Kier alpha value is -2.71. The maximum atomic E-state index is 13.6. The molecule has 0 aliphatic rings. The van der Waals surface area contributed by atoms with E-state index in [1.165, 1.54) is 13.0 Å². The number of nitrogens with one attached hydrogen (secondary N) is 1. The molecule has 0 saturated heterocycles. The first kappa shape index (κ1) is 17.6. The third kappa shape index (κ3) is 3.44. The van der Waals surface area contributed by atoms with Crippen LogP contribution < -0.4 is 5.32 Å². The van der Waals surface area contributed by atoms with Crippen molar-refractivity contribution in [1.29, 1.82) is 0 Å². The number of nitrogens with zero attached hydrogens (tertiary/aromatic N) is 1. The Kier molecular flexibility index (Phi) is 4.72. The van der Waals surface area contributed by atoms with Crippen molar-refractivity contribution in [3.8, 4) is 0 Å². The molecule has 0 unspecified atom stereocenters. The summed E-state index contributed by atoms with van der Waals surface area (Å²) in [6, 6.07) is 2.55. The van der Waals surface area contributed by atoms with Gasteiger partial charge in [0, 0.05) is 11.3 Å². The predicted octanol–water partition coefficient (Wildman–Crippen LogP) is 4.22. The van der Waals surface area contributed by atoms with E-state index >= 15 is 0 Å². The second-order valence-corrected chi connectivity index (χ2v) is 4.76. The molecule has 9 heteroatoms. The number of carbonyl (C=O) groups is 1. The first-order chi connectivity index (χ1) is 11.1. The van der Waals surface area contributed by atoms with E-state index in [-0.39, 0.29) is 16.9 Å². The average Bonchev–Trinajstić information content (AvgIpc) is 2.54. The number of pyridine rings is 1. The molecule has 0 spiro atoms. The third-order valence-corrected chi connectivity index (χ3v) is 3.21. The highest BCUT2D eigenvalue weighted by molar-refractivity contribution is 5.96. The van der Waals surface area contributed by atoms with Gasteiger partial charge < -0.3 is 10.1 Å². The van der Waals surface area contributed by atoms with E-state index < -0.39 is 35.0 Å². The summed E-state index contributed by atoms with van der Waals surface area (Å²) in [6.45, 7) is 1.27. The van der Waals surface area contributed by atoms with Gasteiger partial charge >= 0.3 is 12.1 Å². The number of benzene rings is 1. The van der Waals surface area contributed by atoms with Gasteiger partial charge in [-0.05, 0) is 25.1 Å². The lowest BCUT2D eigenvalue weighted by Gasteiger charge is -2.15. The Morgan fingerprint density at radius 1 is 1.21 bits per heavy atom. The Morgan fingerprint density at radius 2 is 1.88 bits per heavy atom. The highest BCUT2D eigenvalue weighted by atomic mass is 19.4. The summed E-state index contributed by atoms with van der Waals surface area (Å²) in [5.41, 5.74) is -1.89. The number of aromatic nitrogens is 1. The molecule has 4 nitrogen and oxygen atoms in total. The van der Waals surface area contributed by atoms with Gasteiger partial charge in [-0.25, -0.2) is 18.6 Å². The fourth-order valence-electron chi connectivity index (χ4n) is 1.92. The number of anilines is 2. The van der Waals surface area contributed by atoms with Crippen LogP contribution in [0.5, 0.6) is 0 Å². The fourth-order valence-corrected chi connectivity index (χ4v) is 1.92. The Labute approximate surface area is 133 Å². The van der Waals surface area contributed by atoms with Crippen molar-refractivity contribution in [2.75, 3.05) is 12.4 Å². The molecular formula is C15H11F5N2O2. The van der Waals surface area contributed by atoms with Crippen LogP contribution in [0, 0.1) is 18.6 Å². The normalized spacial score (nSPS) is 11.3. The first-order valence-electron chi connectivity index (χ1n) is 6.52. The molecule has 2 aromatic rings. The van der Waals surface area contributed by atoms with E-state index in [0.717, 1.165) is 19.4 Å². The fraction of sp³-hybridized carbons (Fsp3) is 0.200.